The van der Waals surface area contributed by atoms with Crippen LogP contribution in [0.2, 0.25) is 0 Å². The number of carboxylic acid groups (broad SMARTS) is 1. The number of benzene rings is 1. The van der Waals surface area contributed by atoms with Crippen LogP contribution in [-0.4, -0.2) is 28.3 Å². The van der Waals surface area contributed by atoms with Gasteiger partial charge in [-0.25, -0.2) is 4.79 Å². The van der Waals surface area contributed by atoms with Crippen LogP contribution in [0.1, 0.15) is 30.1 Å². The molecule has 2 aromatic rings. The second kappa shape index (κ2) is 4.81. The number of methoxy groups -OCH3 is 1. The first-order valence-electron chi connectivity index (χ1n) is 5.67. The van der Waals surface area contributed by atoms with Crippen molar-refractivity contribution in [2.45, 2.75) is 19.4 Å². The van der Waals surface area contributed by atoms with Crippen molar-refractivity contribution >= 4 is 5.97 Å². The van der Waals surface area contributed by atoms with Gasteiger partial charge in [-0.2, -0.15) is 4.98 Å². The van der Waals surface area contributed by atoms with Crippen LogP contribution in [-0.2, 0) is 10.3 Å². The van der Waals surface area contributed by atoms with E-state index < -0.39 is 11.6 Å². The van der Waals surface area contributed by atoms with Gasteiger partial charge >= 0.3 is 5.97 Å². The summed E-state index contributed by atoms with van der Waals surface area (Å²) in [6, 6.07) is 6.26. The van der Waals surface area contributed by atoms with Crippen molar-refractivity contribution < 1.29 is 19.2 Å². The van der Waals surface area contributed by atoms with Crippen LogP contribution < -0.4 is 0 Å². The Morgan fingerprint density at radius 3 is 2.47 bits per heavy atom. The molecule has 0 spiro atoms. The first-order valence-corrected chi connectivity index (χ1v) is 5.67. The predicted molar refractivity (Wildman–Crippen MR) is 66.7 cm³/mol. The van der Waals surface area contributed by atoms with Crippen molar-refractivity contribution in [2.24, 2.45) is 0 Å². The Hall–Kier alpha value is -2.21. The normalized spacial score (nSPS) is 11.5. The molecule has 2 rings (SSSR count). The van der Waals surface area contributed by atoms with Gasteiger partial charge in [0.2, 0.25) is 5.82 Å². The van der Waals surface area contributed by atoms with E-state index >= 15 is 0 Å². The quantitative estimate of drug-likeness (QED) is 0.910. The van der Waals surface area contributed by atoms with E-state index in [-0.39, 0.29) is 5.56 Å². The molecule has 1 N–H and O–H groups in total. The zero-order chi connectivity index (χ0) is 14.0. The smallest absolute Gasteiger partial charge is 0.335 e. The fourth-order valence-corrected chi connectivity index (χ4v) is 1.43. The molecule has 0 fully saturated rings. The van der Waals surface area contributed by atoms with Crippen LogP contribution in [0.15, 0.2) is 28.8 Å². The molecule has 0 saturated heterocycles. The highest BCUT2D eigenvalue weighted by Crippen LogP contribution is 2.25. The van der Waals surface area contributed by atoms with Crippen molar-refractivity contribution in [3.05, 3.63) is 35.7 Å². The topological polar surface area (TPSA) is 85.5 Å². The summed E-state index contributed by atoms with van der Waals surface area (Å²) in [5, 5.41) is 12.7. The number of aromatic nitrogens is 2. The van der Waals surface area contributed by atoms with Crippen molar-refractivity contribution in [3.63, 3.8) is 0 Å². The summed E-state index contributed by atoms with van der Waals surface area (Å²) in [6.07, 6.45) is 0. The molecule has 19 heavy (non-hydrogen) atoms. The number of ether oxygens (including phenoxy) is 1. The number of carbonyl (C=O) groups is 1. The minimum atomic E-state index is -0.971. The van der Waals surface area contributed by atoms with Gasteiger partial charge in [0.05, 0.1) is 5.56 Å². The third kappa shape index (κ3) is 2.63. The van der Waals surface area contributed by atoms with Crippen LogP contribution in [0.3, 0.4) is 0 Å². The Labute approximate surface area is 110 Å². The number of hydrogen-bond acceptors (Lipinski definition) is 5. The van der Waals surface area contributed by atoms with Gasteiger partial charge in [-0.05, 0) is 26.0 Å². The molecule has 0 unspecified atom stereocenters. The lowest BCUT2D eigenvalue weighted by molar-refractivity contribution is -0.00787. The summed E-state index contributed by atoms with van der Waals surface area (Å²) < 4.78 is 10.4. The monoisotopic (exact) mass is 262 g/mol. The van der Waals surface area contributed by atoms with E-state index in [1.165, 1.54) is 12.1 Å². The lowest BCUT2D eigenvalue weighted by atomic mass is 10.1. The maximum absolute atomic E-state index is 10.8. The van der Waals surface area contributed by atoms with Crippen LogP contribution >= 0.6 is 0 Å². The molecule has 0 atom stereocenters. The number of nitrogens with zero attached hydrogens (tertiary/aromatic N) is 2. The SMILES string of the molecule is COC(C)(C)c1nc(-c2ccc(C(=O)O)cc2)no1. The molecule has 100 valence electrons. The standard InChI is InChI=1S/C13H14N2O4/c1-13(2,18-3)12-14-10(15-19-12)8-4-6-9(7-5-8)11(16)17/h4-7H,1-3H3,(H,16,17). The largest absolute Gasteiger partial charge is 0.478 e. The first kappa shape index (κ1) is 13.2. The molecule has 0 saturated carbocycles. The maximum Gasteiger partial charge on any atom is 0.335 e. The number of rotatable bonds is 4. The highest BCUT2D eigenvalue weighted by molar-refractivity contribution is 5.88. The van der Waals surface area contributed by atoms with E-state index in [4.69, 9.17) is 14.4 Å². The Bertz CT molecular complexity index is 587. The molecule has 0 bridgehead atoms. The van der Waals surface area contributed by atoms with E-state index in [0.29, 0.717) is 17.3 Å². The van der Waals surface area contributed by atoms with Crippen molar-refractivity contribution in [1.82, 2.24) is 10.1 Å². The molecule has 1 aromatic heterocycles. The molecule has 0 radical (unpaired) electrons. The Morgan fingerprint density at radius 2 is 1.95 bits per heavy atom. The minimum Gasteiger partial charge on any atom is -0.478 e. The van der Waals surface area contributed by atoms with E-state index in [1.807, 2.05) is 13.8 Å². The second-order valence-electron chi connectivity index (χ2n) is 4.52. The first-order chi connectivity index (χ1) is 8.94. The maximum atomic E-state index is 10.8. The summed E-state index contributed by atoms with van der Waals surface area (Å²) in [5.41, 5.74) is 0.239. The fourth-order valence-electron chi connectivity index (χ4n) is 1.43. The van der Waals surface area contributed by atoms with E-state index in [9.17, 15) is 4.79 Å². The zero-order valence-electron chi connectivity index (χ0n) is 10.9. The molecule has 0 aliphatic rings. The van der Waals surface area contributed by atoms with E-state index in [0.717, 1.165) is 0 Å². The van der Waals surface area contributed by atoms with Gasteiger partial charge in [0.1, 0.15) is 5.60 Å². The van der Waals surface area contributed by atoms with Gasteiger partial charge in [-0.3, -0.25) is 0 Å². The molecule has 1 heterocycles. The molecule has 0 aliphatic heterocycles. The van der Waals surface area contributed by atoms with Crippen LogP contribution in [0.4, 0.5) is 0 Å². The highest BCUT2D eigenvalue weighted by atomic mass is 16.5. The van der Waals surface area contributed by atoms with Crippen LogP contribution in [0.25, 0.3) is 11.4 Å². The third-order valence-corrected chi connectivity index (χ3v) is 2.84. The third-order valence-electron chi connectivity index (χ3n) is 2.84. The van der Waals surface area contributed by atoms with E-state index in [1.54, 1.807) is 19.2 Å². The van der Waals surface area contributed by atoms with E-state index in [2.05, 4.69) is 10.1 Å². The molecule has 0 amide bonds. The molecule has 6 nitrogen and oxygen atoms in total. The number of hydrogen-bond donors (Lipinski definition) is 1. The Balaban J connectivity index is 2.30. The second-order valence-corrected chi connectivity index (χ2v) is 4.52. The Kier molecular flexibility index (Phi) is 3.35. The van der Waals surface area contributed by atoms with Gasteiger partial charge in [0.15, 0.2) is 0 Å². The highest BCUT2D eigenvalue weighted by Gasteiger charge is 2.27. The van der Waals surface area contributed by atoms with Crippen molar-refractivity contribution in [2.75, 3.05) is 7.11 Å². The summed E-state index contributed by atoms with van der Waals surface area (Å²) in [5.74, 6) is -0.203. The van der Waals surface area contributed by atoms with Gasteiger partial charge < -0.3 is 14.4 Å². The lowest BCUT2D eigenvalue weighted by Gasteiger charge is -2.16. The van der Waals surface area contributed by atoms with Crippen molar-refractivity contribution in [1.29, 1.82) is 0 Å². The Morgan fingerprint density at radius 1 is 1.32 bits per heavy atom. The minimum absolute atomic E-state index is 0.213. The van der Waals surface area contributed by atoms with Crippen molar-refractivity contribution in [3.8, 4) is 11.4 Å². The van der Waals surface area contributed by atoms with Gasteiger partial charge in [0, 0.05) is 12.7 Å². The molecule has 6 heteroatoms. The van der Waals surface area contributed by atoms with Gasteiger partial charge in [-0.15, -0.1) is 0 Å². The number of aromatic carboxylic acids is 1. The zero-order valence-corrected chi connectivity index (χ0v) is 10.9. The van der Waals surface area contributed by atoms with Crippen LogP contribution in [0.5, 0.6) is 0 Å². The average molecular weight is 262 g/mol. The molecular formula is C13H14N2O4. The number of carboxylic acids is 1. The summed E-state index contributed by atoms with van der Waals surface area (Å²) in [6.45, 7) is 3.63. The predicted octanol–water partition coefficient (Wildman–Crippen LogP) is 2.32. The molecule has 0 aliphatic carbocycles. The summed E-state index contributed by atoms with van der Waals surface area (Å²) in [7, 11) is 1.56. The molecular weight excluding hydrogens is 248 g/mol. The fraction of sp³-hybridized carbons (Fsp3) is 0.308. The lowest BCUT2D eigenvalue weighted by Crippen LogP contribution is -2.19. The van der Waals surface area contributed by atoms with Crippen LogP contribution in [0, 0.1) is 0 Å². The van der Waals surface area contributed by atoms with Gasteiger partial charge in [0.25, 0.3) is 5.89 Å². The summed E-state index contributed by atoms with van der Waals surface area (Å²) >= 11 is 0. The van der Waals surface area contributed by atoms with Gasteiger partial charge in [-0.1, -0.05) is 17.3 Å². The average Bonchev–Trinajstić information content (AvgIpc) is 2.89. The molecule has 1 aromatic carbocycles. The summed E-state index contributed by atoms with van der Waals surface area (Å²) in [4.78, 5) is 15.0.